The van der Waals surface area contributed by atoms with Gasteiger partial charge in [0.25, 0.3) is 11.8 Å². The van der Waals surface area contributed by atoms with Gasteiger partial charge in [0.05, 0.1) is 19.2 Å². The molecule has 0 bridgehead atoms. The number of hydrogen-bond donors (Lipinski definition) is 4. The van der Waals surface area contributed by atoms with Gasteiger partial charge in [0.15, 0.2) is 11.5 Å². The van der Waals surface area contributed by atoms with Gasteiger partial charge in [-0.3, -0.25) is 20.1 Å². The maximum atomic E-state index is 16.0. The number of ether oxygens (including phenoxy) is 4. The summed E-state index contributed by atoms with van der Waals surface area (Å²) in [5.41, 5.74) is 6.50. The number of phenolic OH excluding ortho intramolecular Hbond substituents is 1. The van der Waals surface area contributed by atoms with Gasteiger partial charge >= 0.3 is 18.1 Å². The molecule has 0 amide bonds. The minimum Gasteiger partial charge on any atom is -0.504 e. The molecule has 5 rings (SSSR count). The Bertz CT molecular complexity index is 1850. The van der Waals surface area contributed by atoms with Gasteiger partial charge in [0, 0.05) is 37.8 Å². The molecule has 0 aliphatic carbocycles. The molecule has 0 atom stereocenters. The number of aromatic hydroxyl groups is 1. The van der Waals surface area contributed by atoms with E-state index in [1.807, 2.05) is 22.9 Å². The lowest BCUT2D eigenvalue weighted by Gasteiger charge is -2.31. The molecule has 0 spiro atoms. The number of piperidine rings is 1. The first-order chi connectivity index (χ1) is 24.9. The standard InChI is InChI=1S/C32H36F2N6O6.C2HF3O2/c1-18(2)43-25(42)17-40-12-9-21(10-13-40)44-28-26(33)31(45-22-6-4-5-20(15-22)30-37-11-14-39(30)3)38-32(27(28)34)46-24-16-19(29(35)36)7-8-23(24)41;3-2(4,5)1(6)7/h4-8,15-16,18,21,41H,9-14,17H2,1-3H3,(H3,35,36);(H,6,7). The number of carbonyl (C=O) groups is 2. The highest BCUT2D eigenvalue weighted by Crippen LogP contribution is 2.40. The van der Waals surface area contributed by atoms with Gasteiger partial charge in [-0.25, -0.2) is 4.79 Å². The number of benzene rings is 2. The molecule has 2 aliphatic heterocycles. The Morgan fingerprint density at radius 1 is 1.04 bits per heavy atom. The largest absolute Gasteiger partial charge is 0.504 e. The number of carboxylic acids is 1. The number of esters is 1. The number of rotatable bonds is 11. The van der Waals surface area contributed by atoms with E-state index in [2.05, 4.69) is 9.98 Å². The van der Waals surface area contributed by atoms with Gasteiger partial charge in [-0.1, -0.05) is 12.1 Å². The molecule has 3 heterocycles. The van der Waals surface area contributed by atoms with Crippen molar-refractivity contribution in [3.05, 3.63) is 65.2 Å². The number of aliphatic carboxylic acids is 1. The zero-order valence-electron chi connectivity index (χ0n) is 28.7. The average Bonchev–Trinajstić information content (AvgIpc) is 3.52. The zero-order valence-corrected chi connectivity index (χ0v) is 28.7. The summed E-state index contributed by atoms with van der Waals surface area (Å²) >= 11 is 0. The highest BCUT2D eigenvalue weighted by atomic mass is 19.4. The van der Waals surface area contributed by atoms with Crippen LogP contribution in [-0.4, -0.2) is 107 Å². The second kappa shape index (κ2) is 17.2. The van der Waals surface area contributed by atoms with Gasteiger partial charge in [-0.2, -0.15) is 26.9 Å². The Balaban J connectivity index is 0.000000815. The number of hydrogen-bond acceptors (Lipinski definition) is 12. The first kappa shape index (κ1) is 40.1. The maximum absolute atomic E-state index is 16.0. The van der Waals surface area contributed by atoms with Crippen LogP contribution in [0.3, 0.4) is 0 Å². The quantitative estimate of drug-likeness (QED) is 0.0883. The summed E-state index contributed by atoms with van der Waals surface area (Å²) in [6.45, 7) is 5.92. The molecule has 0 radical (unpaired) electrons. The van der Waals surface area contributed by atoms with Crippen LogP contribution >= 0.6 is 0 Å². The van der Waals surface area contributed by atoms with Crippen molar-refractivity contribution in [2.24, 2.45) is 10.7 Å². The zero-order chi connectivity index (χ0) is 39.0. The number of carbonyl (C=O) groups excluding carboxylic acids is 1. The van der Waals surface area contributed by atoms with Gasteiger partial charge in [-0.15, -0.1) is 0 Å². The molecule has 19 heteroatoms. The Kier molecular flexibility index (Phi) is 13.0. The predicted molar refractivity (Wildman–Crippen MR) is 179 cm³/mol. The van der Waals surface area contributed by atoms with Crippen LogP contribution in [0.4, 0.5) is 22.0 Å². The summed E-state index contributed by atoms with van der Waals surface area (Å²) in [4.78, 5) is 33.3. The number of aromatic nitrogens is 1. The summed E-state index contributed by atoms with van der Waals surface area (Å²) in [5.74, 6) is -7.69. The highest BCUT2D eigenvalue weighted by Gasteiger charge is 2.38. The molecular weight excluding hydrogens is 715 g/mol. The van der Waals surface area contributed by atoms with Gasteiger partial charge in [-0.05, 0) is 57.0 Å². The molecule has 5 N–H and O–H groups in total. The van der Waals surface area contributed by atoms with Crippen molar-refractivity contribution >= 4 is 23.6 Å². The monoisotopic (exact) mass is 752 g/mol. The van der Waals surface area contributed by atoms with E-state index in [1.54, 1.807) is 32.0 Å². The number of nitrogens with one attached hydrogen (secondary N) is 1. The smallest absolute Gasteiger partial charge is 0.490 e. The second-order valence-corrected chi connectivity index (χ2v) is 12.1. The number of nitrogen functional groups attached to an aromatic ring is 1. The van der Waals surface area contributed by atoms with E-state index >= 15 is 8.78 Å². The minimum atomic E-state index is -5.08. The lowest BCUT2D eigenvalue weighted by atomic mass is 10.1. The second-order valence-electron chi connectivity index (χ2n) is 12.1. The number of halogens is 5. The van der Waals surface area contributed by atoms with Crippen LogP contribution in [0.25, 0.3) is 0 Å². The molecule has 2 aliphatic rings. The molecule has 0 unspecified atom stereocenters. The molecule has 3 aromatic rings. The van der Waals surface area contributed by atoms with Gasteiger partial charge < -0.3 is 39.8 Å². The summed E-state index contributed by atoms with van der Waals surface area (Å²) in [5, 5.41) is 25.2. The number of aliphatic imine (C=N–C) groups is 1. The SMILES string of the molecule is CC(C)OC(=O)CN1CCC(Oc2c(F)c(Oc3cccc(C4=NCCN4C)c3)nc(Oc3cc(C(=N)N)ccc3O)c2F)CC1.O=C(O)C(F)(F)F. The minimum absolute atomic E-state index is 0.100. The number of pyridine rings is 1. The normalized spacial score (nSPS) is 15.0. The number of likely N-dealkylation sites (tertiary alicyclic amines) is 1. The lowest BCUT2D eigenvalue weighted by Crippen LogP contribution is -2.41. The van der Waals surface area contributed by atoms with Crippen LogP contribution in [0.5, 0.6) is 34.8 Å². The molecule has 2 aromatic carbocycles. The van der Waals surface area contributed by atoms with Crippen LogP contribution in [-0.2, 0) is 14.3 Å². The fourth-order valence-electron chi connectivity index (χ4n) is 5.08. The third-order valence-corrected chi connectivity index (χ3v) is 7.60. The first-order valence-corrected chi connectivity index (χ1v) is 16.1. The highest BCUT2D eigenvalue weighted by molar-refractivity contribution is 6.00. The van der Waals surface area contributed by atoms with Gasteiger partial charge in [0.1, 0.15) is 23.5 Å². The molecular formula is C34H37F5N6O8. The molecule has 14 nitrogen and oxygen atoms in total. The molecule has 1 saturated heterocycles. The number of nitrogens with zero attached hydrogens (tertiary/aromatic N) is 4. The summed E-state index contributed by atoms with van der Waals surface area (Å²) in [6, 6.07) is 10.6. The van der Waals surface area contributed by atoms with E-state index in [4.69, 9.17) is 40.0 Å². The van der Waals surface area contributed by atoms with E-state index < -0.39 is 53.1 Å². The Labute approximate surface area is 300 Å². The number of nitrogens with two attached hydrogens (primary N) is 1. The average molecular weight is 753 g/mol. The number of phenols is 1. The number of likely N-dealkylation sites (N-methyl/N-ethyl adjacent to an activating group) is 1. The van der Waals surface area contributed by atoms with Crippen LogP contribution < -0.4 is 19.9 Å². The first-order valence-electron chi connectivity index (χ1n) is 16.1. The molecule has 1 aromatic heterocycles. The van der Waals surface area contributed by atoms with Crippen LogP contribution in [0.1, 0.15) is 37.8 Å². The molecule has 0 saturated carbocycles. The van der Waals surface area contributed by atoms with E-state index in [0.717, 1.165) is 17.9 Å². The van der Waals surface area contributed by atoms with Crippen LogP contribution in [0.2, 0.25) is 0 Å². The maximum Gasteiger partial charge on any atom is 0.490 e. The van der Waals surface area contributed by atoms with Crippen molar-refractivity contribution in [1.82, 2.24) is 14.8 Å². The van der Waals surface area contributed by atoms with Crippen LogP contribution in [0.15, 0.2) is 47.5 Å². The van der Waals surface area contributed by atoms with Gasteiger partial charge in [0.2, 0.25) is 17.4 Å². The summed E-state index contributed by atoms with van der Waals surface area (Å²) < 4.78 is 86.1. The third kappa shape index (κ3) is 10.9. The number of carboxylic acid groups (broad SMARTS) is 1. The molecule has 286 valence electrons. The molecule has 1 fully saturated rings. The lowest BCUT2D eigenvalue weighted by molar-refractivity contribution is -0.192. The third-order valence-electron chi connectivity index (χ3n) is 7.60. The van der Waals surface area contributed by atoms with E-state index in [-0.39, 0.29) is 41.5 Å². The van der Waals surface area contributed by atoms with Crippen molar-refractivity contribution < 1.29 is 60.7 Å². The fraction of sp³-hybridized carbons (Fsp3) is 0.382. The predicted octanol–water partition coefficient (Wildman–Crippen LogP) is 5.05. The van der Waals surface area contributed by atoms with Crippen molar-refractivity contribution in [2.45, 2.75) is 45.1 Å². The molecule has 53 heavy (non-hydrogen) atoms. The summed E-state index contributed by atoms with van der Waals surface area (Å²) in [6.07, 6.45) is -5.16. The van der Waals surface area contributed by atoms with Crippen molar-refractivity contribution in [1.29, 1.82) is 5.41 Å². The summed E-state index contributed by atoms with van der Waals surface area (Å²) in [7, 11) is 1.91. The van der Waals surface area contributed by atoms with Crippen molar-refractivity contribution in [3.63, 3.8) is 0 Å². The van der Waals surface area contributed by atoms with Crippen molar-refractivity contribution in [2.75, 3.05) is 39.8 Å². The van der Waals surface area contributed by atoms with E-state index in [1.165, 1.54) is 18.2 Å². The topological polar surface area (TPSA) is 193 Å². The van der Waals surface area contributed by atoms with Crippen LogP contribution in [0, 0.1) is 17.0 Å². The van der Waals surface area contributed by atoms with Crippen molar-refractivity contribution in [3.8, 4) is 34.8 Å². The number of alkyl halides is 3. The van der Waals surface area contributed by atoms with E-state index in [9.17, 15) is 23.1 Å². The Hall–Kier alpha value is -5.72. The number of amidine groups is 2. The van der Waals surface area contributed by atoms with E-state index in [0.29, 0.717) is 32.5 Å². The Morgan fingerprint density at radius 2 is 1.68 bits per heavy atom. The Morgan fingerprint density at radius 3 is 2.25 bits per heavy atom. The fourth-order valence-corrected chi connectivity index (χ4v) is 5.08.